The zero-order valence-corrected chi connectivity index (χ0v) is 19.6. The van der Waals surface area contributed by atoms with Crippen molar-refractivity contribution in [2.24, 2.45) is 5.16 Å². The number of hydrogen-bond acceptors (Lipinski definition) is 6. The predicted octanol–water partition coefficient (Wildman–Crippen LogP) is 2.62. The molecular formula is C25H30N4O4. The summed E-state index contributed by atoms with van der Waals surface area (Å²) in [7, 11) is 5.10. The maximum atomic E-state index is 13.7. The number of nitrogens with zero attached hydrogens (tertiary/aromatic N) is 4. The number of rotatable bonds is 5. The van der Waals surface area contributed by atoms with E-state index in [4.69, 9.17) is 9.57 Å². The van der Waals surface area contributed by atoms with Crippen LogP contribution in [0.3, 0.4) is 0 Å². The van der Waals surface area contributed by atoms with E-state index >= 15 is 0 Å². The Morgan fingerprint density at radius 1 is 1.15 bits per heavy atom. The summed E-state index contributed by atoms with van der Waals surface area (Å²) in [5.41, 5.74) is 0.285. The molecule has 2 atom stereocenters. The minimum Gasteiger partial charge on any atom is -0.497 e. The van der Waals surface area contributed by atoms with Gasteiger partial charge in [-0.25, -0.2) is 0 Å². The number of likely N-dealkylation sites (N-methyl/N-ethyl adjacent to an activating group) is 1. The van der Waals surface area contributed by atoms with Crippen molar-refractivity contribution in [1.29, 1.82) is 0 Å². The van der Waals surface area contributed by atoms with Crippen molar-refractivity contribution in [2.75, 3.05) is 34.3 Å². The van der Waals surface area contributed by atoms with Crippen molar-refractivity contribution in [1.82, 2.24) is 14.8 Å². The Hall–Kier alpha value is -3.42. The number of piperidine rings is 1. The van der Waals surface area contributed by atoms with E-state index < -0.39 is 11.0 Å². The van der Waals surface area contributed by atoms with Crippen LogP contribution in [0.25, 0.3) is 0 Å². The normalized spacial score (nSPS) is 24.6. The largest absolute Gasteiger partial charge is 0.497 e. The molecule has 2 aromatic rings. The number of oxime groups is 1. The fourth-order valence-electron chi connectivity index (χ4n) is 4.72. The highest BCUT2D eigenvalue weighted by Crippen LogP contribution is 2.37. The summed E-state index contributed by atoms with van der Waals surface area (Å²) in [6, 6.07) is 13.1. The van der Waals surface area contributed by atoms with Gasteiger partial charge in [0.15, 0.2) is 0 Å². The van der Waals surface area contributed by atoms with E-state index in [-0.39, 0.29) is 18.4 Å². The molecule has 1 fully saturated rings. The first-order valence-electron chi connectivity index (χ1n) is 11.1. The third-order valence-corrected chi connectivity index (χ3v) is 6.49. The van der Waals surface area contributed by atoms with E-state index in [0.717, 1.165) is 11.3 Å². The maximum Gasteiger partial charge on any atom is 0.269 e. The Bertz CT molecular complexity index is 1050. The van der Waals surface area contributed by atoms with Crippen LogP contribution in [-0.2, 0) is 19.8 Å². The average molecular weight is 451 g/mol. The summed E-state index contributed by atoms with van der Waals surface area (Å²) in [4.78, 5) is 40.6. The minimum atomic E-state index is -1.12. The van der Waals surface area contributed by atoms with Crippen molar-refractivity contribution < 1.29 is 19.2 Å². The lowest BCUT2D eigenvalue weighted by molar-refractivity contribution is -0.157. The fourth-order valence-corrected chi connectivity index (χ4v) is 4.72. The van der Waals surface area contributed by atoms with Crippen LogP contribution < -0.4 is 4.74 Å². The lowest BCUT2D eigenvalue weighted by Gasteiger charge is -2.43. The van der Waals surface area contributed by atoms with Gasteiger partial charge in [0.05, 0.1) is 18.5 Å². The first kappa shape index (κ1) is 22.8. The average Bonchev–Trinajstić information content (AvgIpc) is 3.26. The fraction of sp³-hybridized carbons (Fsp3) is 0.440. The van der Waals surface area contributed by atoms with E-state index in [1.165, 1.54) is 0 Å². The highest BCUT2D eigenvalue weighted by molar-refractivity contribution is 6.05. The Kier molecular flexibility index (Phi) is 6.10. The summed E-state index contributed by atoms with van der Waals surface area (Å²) in [6.45, 7) is 2.59. The number of hydrogen-bond donors (Lipinski definition) is 0. The Balaban J connectivity index is 1.56. The van der Waals surface area contributed by atoms with E-state index in [0.29, 0.717) is 37.2 Å². The van der Waals surface area contributed by atoms with Gasteiger partial charge in [-0.2, -0.15) is 0 Å². The van der Waals surface area contributed by atoms with Crippen molar-refractivity contribution in [2.45, 2.75) is 37.2 Å². The zero-order chi connectivity index (χ0) is 23.6. The van der Waals surface area contributed by atoms with Gasteiger partial charge in [0.1, 0.15) is 11.2 Å². The molecule has 0 aliphatic carbocycles. The quantitative estimate of drug-likeness (QED) is 0.699. The van der Waals surface area contributed by atoms with Gasteiger partial charge < -0.3 is 19.4 Å². The molecule has 0 saturated carbocycles. The number of likely N-dealkylation sites (tertiary alicyclic amines) is 1. The highest BCUT2D eigenvalue weighted by Gasteiger charge is 2.51. The molecule has 8 heteroatoms. The van der Waals surface area contributed by atoms with Crippen molar-refractivity contribution >= 4 is 17.5 Å². The molecule has 0 spiro atoms. The Morgan fingerprint density at radius 3 is 2.55 bits per heavy atom. The molecule has 4 rings (SSSR count). The van der Waals surface area contributed by atoms with Gasteiger partial charge in [0.25, 0.3) is 5.91 Å². The van der Waals surface area contributed by atoms with Crippen LogP contribution in [0.1, 0.15) is 37.4 Å². The molecule has 8 nitrogen and oxygen atoms in total. The molecule has 174 valence electrons. The number of pyridine rings is 1. The number of benzene rings is 1. The Morgan fingerprint density at radius 2 is 1.91 bits per heavy atom. The van der Waals surface area contributed by atoms with Gasteiger partial charge in [-0.3, -0.25) is 14.6 Å². The standard InChI is InChI=1S/C25H30N4O4/c1-24(16-20(27-33-24)18-9-11-19(32-4)12-10-18)22(30)29-15-7-13-25(17-29,23(31)28(2)3)21-8-5-6-14-26-21/h5-6,8-12,14H,7,13,15-17H2,1-4H3/t24-,25-/m1/s1. The van der Waals surface area contributed by atoms with E-state index in [1.54, 1.807) is 44.1 Å². The van der Waals surface area contributed by atoms with Gasteiger partial charge in [0.2, 0.25) is 11.5 Å². The highest BCUT2D eigenvalue weighted by atomic mass is 16.7. The van der Waals surface area contributed by atoms with Crippen molar-refractivity contribution in [3.63, 3.8) is 0 Å². The van der Waals surface area contributed by atoms with E-state index in [2.05, 4.69) is 10.1 Å². The lowest BCUT2D eigenvalue weighted by Crippen LogP contribution is -2.59. The molecule has 1 aromatic carbocycles. The van der Waals surface area contributed by atoms with E-state index in [1.807, 2.05) is 42.5 Å². The van der Waals surface area contributed by atoms with Crippen LogP contribution in [0.4, 0.5) is 0 Å². The van der Waals surface area contributed by atoms with E-state index in [9.17, 15) is 9.59 Å². The van der Waals surface area contributed by atoms with Gasteiger partial charge in [-0.1, -0.05) is 11.2 Å². The zero-order valence-electron chi connectivity index (χ0n) is 19.6. The molecule has 0 radical (unpaired) electrons. The lowest BCUT2D eigenvalue weighted by atomic mass is 9.75. The van der Waals surface area contributed by atoms with Crippen LogP contribution in [-0.4, -0.2) is 72.2 Å². The smallest absolute Gasteiger partial charge is 0.269 e. The number of carbonyl (C=O) groups excluding carboxylic acids is 2. The van der Waals surface area contributed by atoms with Gasteiger partial charge in [0, 0.05) is 39.8 Å². The summed E-state index contributed by atoms with van der Waals surface area (Å²) in [5.74, 6) is 0.537. The number of amides is 2. The second-order valence-electron chi connectivity index (χ2n) is 9.09. The number of methoxy groups -OCH3 is 1. The number of ether oxygens (including phenoxy) is 1. The van der Waals surface area contributed by atoms with Gasteiger partial charge >= 0.3 is 0 Å². The second-order valence-corrected chi connectivity index (χ2v) is 9.09. The molecule has 1 aromatic heterocycles. The van der Waals surface area contributed by atoms with Crippen LogP contribution in [0.5, 0.6) is 5.75 Å². The molecule has 0 bridgehead atoms. The molecule has 0 N–H and O–H groups in total. The first-order valence-corrected chi connectivity index (χ1v) is 11.1. The molecule has 3 heterocycles. The molecule has 1 saturated heterocycles. The maximum absolute atomic E-state index is 13.7. The van der Waals surface area contributed by atoms with Crippen LogP contribution in [0.2, 0.25) is 0 Å². The minimum absolute atomic E-state index is 0.0497. The first-order chi connectivity index (χ1) is 15.8. The third kappa shape index (κ3) is 4.17. The molecule has 2 aliphatic heterocycles. The number of carbonyl (C=O) groups is 2. The van der Waals surface area contributed by atoms with Gasteiger partial charge in [-0.05, 0) is 61.7 Å². The SMILES string of the molecule is COc1ccc(C2=NO[C@@](C)(C(=O)N3CCC[C@](C(=O)N(C)C)(c4ccccn4)C3)C2)cc1. The predicted molar refractivity (Wildman–Crippen MR) is 124 cm³/mol. The molecule has 2 amide bonds. The molecule has 33 heavy (non-hydrogen) atoms. The van der Waals surface area contributed by atoms with Crippen molar-refractivity contribution in [3.8, 4) is 5.75 Å². The molecular weight excluding hydrogens is 420 g/mol. The molecule has 2 aliphatic rings. The third-order valence-electron chi connectivity index (χ3n) is 6.49. The number of aromatic nitrogens is 1. The summed E-state index contributed by atoms with van der Waals surface area (Å²) in [6.07, 6.45) is 3.38. The van der Waals surface area contributed by atoms with Crippen LogP contribution >= 0.6 is 0 Å². The van der Waals surface area contributed by atoms with Crippen molar-refractivity contribution in [3.05, 3.63) is 59.9 Å². The summed E-state index contributed by atoms with van der Waals surface area (Å²) >= 11 is 0. The van der Waals surface area contributed by atoms with Gasteiger partial charge in [-0.15, -0.1) is 0 Å². The molecule has 0 unspecified atom stereocenters. The van der Waals surface area contributed by atoms with Crippen LogP contribution in [0, 0.1) is 0 Å². The Labute approximate surface area is 194 Å². The second kappa shape index (κ2) is 8.84. The monoisotopic (exact) mass is 450 g/mol. The summed E-state index contributed by atoms with van der Waals surface area (Å²) < 4.78 is 5.21. The van der Waals surface area contributed by atoms with Crippen LogP contribution in [0.15, 0.2) is 53.8 Å². The summed E-state index contributed by atoms with van der Waals surface area (Å²) in [5, 5.41) is 4.23. The topological polar surface area (TPSA) is 84.3 Å².